The molecular weight excluding hydrogens is 226 g/mol. The molecule has 18 heavy (non-hydrogen) atoms. The van der Waals surface area contributed by atoms with E-state index in [0.29, 0.717) is 0 Å². The predicted octanol–water partition coefficient (Wildman–Crippen LogP) is 1.61. The number of nitrogens with zero attached hydrogens (tertiary/aromatic N) is 2. The molecule has 0 bridgehead atoms. The average molecular weight is 245 g/mol. The van der Waals surface area contributed by atoms with Crippen LogP contribution >= 0.6 is 0 Å². The van der Waals surface area contributed by atoms with Gasteiger partial charge >= 0.3 is 0 Å². The van der Waals surface area contributed by atoms with Crippen LogP contribution in [0.4, 0.5) is 5.69 Å². The van der Waals surface area contributed by atoms with Gasteiger partial charge in [0.05, 0.1) is 5.71 Å². The first kappa shape index (κ1) is 11.5. The molecule has 0 aromatic heterocycles. The number of anilines is 1. The highest BCUT2D eigenvalue weighted by atomic mass is 16.6. The highest BCUT2D eigenvalue weighted by Gasteiger charge is 2.12. The van der Waals surface area contributed by atoms with Crippen LogP contribution in [0.3, 0.4) is 0 Å². The summed E-state index contributed by atoms with van der Waals surface area (Å²) < 4.78 is 0. The van der Waals surface area contributed by atoms with Crippen LogP contribution in [0.5, 0.6) is 0 Å². The third-order valence-corrected chi connectivity index (χ3v) is 3.51. The summed E-state index contributed by atoms with van der Waals surface area (Å²) in [6.45, 7) is 5.14. The molecule has 1 aromatic rings. The third kappa shape index (κ3) is 2.48. The van der Waals surface area contributed by atoms with Crippen LogP contribution in [0.2, 0.25) is 0 Å². The van der Waals surface area contributed by atoms with E-state index in [0.717, 1.165) is 44.9 Å². The maximum atomic E-state index is 5.04. The molecule has 2 heterocycles. The van der Waals surface area contributed by atoms with Crippen molar-refractivity contribution in [2.75, 3.05) is 37.7 Å². The lowest BCUT2D eigenvalue weighted by molar-refractivity contribution is 0.174. The Hall–Kier alpha value is -1.55. The van der Waals surface area contributed by atoms with Gasteiger partial charge in [-0.15, -0.1) is 0 Å². The lowest BCUT2D eigenvalue weighted by Crippen LogP contribution is -2.27. The first-order chi connectivity index (χ1) is 8.93. The molecule has 4 nitrogen and oxygen atoms in total. The second-order valence-corrected chi connectivity index (χ2v) is 4.76. The second kappa shape index (κ2) is 5.40. The van der Waals surface area contributed by atoms with Crippen LogP contribution in [0.15, 0.2) is 29.4 Å². The van der Waals surface area contributed by atoms with Gasteiger partial charge in [-0.25, -0.2) is 0 Å². The van der Waals surface area contributed by atoms with E-state index in [2.05, 4.69) is 39.6 Å². The fourth-order valence-electron chi connectivity index (χ4n) is 2.48. The minimum atomic E-state index is 0.717. The van der Waals surface area contributed by atoms with Gasteiger partial charge in [0.25, 0.3) is 0 Å². The fourth-order valence-corrected chi connectivity index (χ4v) is 2.48. The molecule has 4 heteroatoms. The molecule has 3 rings (SSSR count). The molecular formula is C14H19N3O. The van der Waals surface area contributed by atoms with Crippen LogP contribution in [-0.2, 0) is 4.84 Å². The molecule has 0 aliphatic carbocycles. The van der Waals surface area contributed by atoms with Crippen molar-refractivity contribution >= 4 is 11.4 Å². The van der Waals surface area contributed by atoms with E-state index in [9.17, 15) is 0 Å². The monoisotopic (exact) mass is 245 g/mol. The van der Waals surface area contributed by atoms with E-state index in [4.69, 9.17) is 4.84 Å². The molecule has 0 radical (unpaired) electrons. The number of hydrogen-bond acceptors (Lipinski definition) is 4. The summed E-state index contributed by atoms with van der Waals surface area (Å²) in [7, 11) is 0. The zero-order chi connectivity index (χ0) is 12.2. The van der Waals surface area contributed by atoms with Crippen LogP contribution in [0.25, 0.3) is 0 Å². The Morgan fingerprint density at radius 1 is 1.11 bits per heavy atom. The highest BCUT2D eigenvalue weighted by Crippen LogP contribution is 2.18. The molecule has 0 unspecified atom stereocenters. The number of benzene rings is 1. The molecule has 1 saturated heterocycles. The van der Waals surface area contributed by atoms with Crippen molar-refractivity contribution in [2.45, 2.75) is 12.8 Å². The molecule has 0 atom stereocenters. The molecule has 0 saturated carbocycles. The van der Waals surface area contributed by atoms with Gasteiger partial charge in [0, 0.05) is 31.7 Å². The molecule has 1 N–H and O–H groups in total. The molecule has 2 aliphatic rings. The Morgan fingerprint density at radius 2 is 2.00 bits per heavy atom. The zero-order valence-electron chi connectivity index (χ0n) is 10.6. The van der Waals surface area contributed by atoms with E-state index in [-0.39, 0.29) is 0 Å². The SMILES string of the molecule is c1cc(N2CCCNCC2)ccc1C1=NOCC1. The number of nitrogens with one attached hydrogen (secondary N) is 1. The molecule has 0 spiro atoms. The van der Waals surface area contributed by atoms with Crippen molar-refractivity contribution in [3.8, 4) is 0 Å². The smallest absolute Gasteiger partial charge is 0.122 e. The Morgan fingerprint density at radius 3 is 2.78 bits per heavy atom. The minimum Gasteiger partial charge on any atom is -0.395 e. The molecule has 0 amide bonds. The van der Waals surface area contributed by atoms with Gasteiger partial charge in [0.2, 0.25) is 0 Å². The fraction of sp³-hybridized carbons (Fsp3) is 0.500. The van der Waals surface area contributed by atoms with Crippen molar-refractivity contribution < 1.29 is 4.84 Å². The predicted molar refractivity (Wildman–Crippen MR) is 73.2 cm³/mol. The first-order valence-electron chi connectivity index (χ1n) is 6.68. The van der Waals surface area contributed by atoms with Crippen LogP contribution in [0.1, 0.15) is 18.4 Å². The van der Waals surface area contributed by atoms with Gasteiger partial charge in [-0.2, -0.15) is 0 Å². The summed E-state index contributed by atoms with van der Waals surface area (Å²) in [5.41, 5.74) is 3.56. The Labute approximate surface area is 108 Å². The summed E-state index contributed by atoms with van der Waals surface area (Å²) in [5, 5.41) is 7.48. The Balaban J connectivity index is 1.73. The maximum Gasteiger partial charge on any atom is 0.122 e. The third-order valence-electron chi connectivity index (χ3n) is 3.51. The van der Waals surface area contributed by atoms with Gasteiger partial charge in [0.15, 0.2) is 0 Å². The summed E-state index contributed by atoms with van der Waals surface area (Å²) >= 11 is 0. The first-order valence-corrected chi connectivity index (χ1v) is 6.68. The van der Waals surface area contributed by atoms with E-state index >= 15 is 0 Å². The normalized spacial score (nSPS) is 20.2. The molecule has 1 fully saturated rings. The molecule has 2 aliphatic heterocycles. The second-order valence-electron chi connectivity index (χ2n) is 4.76. The van der Waals surface area contributed by atoms with Crippen LogP contribution in [-0.4, -0.2) is 38.5 Å². The van der Waals surface area contributed by atoms with Gasteiger partial charge in [-0.3, -0.25) is 0 Å². The van der Waals surface area contributed by atoms with E-state index in [1.54, 1.807) is 0 Å². The van der Waals surface area contributed by atoms with Crippen LogP contribution in [0, 0.1) is 0 Å². The van der Waals surface area contributed by atoms with Crippen molar-refractivity contribution in [3.63, 3.8) is 0 Å². The largest absolute Gasteiger partial charge is 0.395 e. The van der Waals surface area contributed by atoms with E-state index < -0.39 is 0 Å². The Kier molecular flexibility index (Phi) is 3.46. The molecule has 1 aromatic carbocycles. The average Bonchev–Trinajstić information content (AvgIpc) is 2.82. The zero-order valence-corrected chi connectivity index (χ0v) is 10.6. The lowest BCUT2D eigenvalue weighted by Gasteiger charge is -2.22. The summed E-state index contributed by atoms with van der Waals surface area (Å²) in [6, 6.07) is 8.70. The summed E-state index contributed by atoms with van der Waals surface area (Å²) in [4.78, 5) is 7.49. The highest BCUT2D eigenvalue weighted by molar-refractivity contribution is 6.01. The van der Waals surface area contributed by atoms with Gasteiger partial charge in [-0.05, 0) is 30.7 Å². The lowest BCUT2D eigenvalue weighted by atomic mass is 10.1. The van der Waals surface area contributed by atoms with Crippen molar-refractivity contribution in [3.05, 3.63) is 29.8 Å². The van der Waals surface area contributed by atoms with Gasteiger partial charge in [0.1, 0.15) is 6.61 Å². The minimum absolute atomic E-state index is 0.717. The number of oxime groups is 1. The maximum absolute atomic E-state index is 5.04. The summed E-state index contributed by atoms with van der Waals surface area (Å²) in [5.74, 6) is 0. The van der Waals surface area contributed by atoms with Crippen molar-refractivity contribution in [2.24, 2.45) is 5.16 Å². The summed E-state index contributed by atoms with van der Waals surface area (Å²) in [6.07, 6.45) is 2.13. The molecule has 96 valence electrons. The topological polar surface area (TPSA) is 36.9 Å². The quantitative estimate of drug-likeness (QED) is 0.860. The van der Waals surface area contributed by atoms with Gasteiger partial charge < -0.3 is 15.1 Å². The Bertz CT molecular complexity index is 419. The number of rotatable bonds is 2. The van der Waals surface area contributed by atoms with Crippen molar-refractivity contribution in [1.29, 1.82) is 0 Å². The van der Waals surface area contributed by atoms with E-state index in [1.807, 2.05) is 0 Å². The van der Waals surface area contributed by atoms with E-state index in [1.165, 1.54) is 17.7 Å². The van der Waals surface area contributed by atoms with Crippen LogP contribution < -0.4 is 10.2 Å². The number of hydrogen-bond donors (Lipinski definition) is 1. The van der Waals surface area contributed by atoms with Crippen molar-refractivity contribution in [1.82, 2.24) is 5.32 Å². The van der Waals surface area contributed by atoms with Gasteiger partial charge in [-0.1, -0.05) is 17.3 Å². The standard InChI is InChI=1S/C14H19N3O/c1-7-15-8-10-17(9-1)13-4-2-12(3-5-13)14-6-11-18-16-14/h2-5,15H,1,6-11H2.